The van der Waals surface area contributed by atoms with Crippen LogP contribution < -0.4 is 0 Å². The Hall–Kier alpha value is -3.01. The van der Waals surface area contributed by atoms with E-state index in [9.17, 15) is 4.79 Å². The van der Waals surface area contributed by atoms with Crippen LogP contribution in [0.2, 0.25) is 0 Å². The molecule has 0 amide bonds. The fraction of sp³-hybridized carbons (Fsp3) is 0.150. The van der Waals surface area contributed by atoms with Crippen molar-refractivity contribution in [3.05, 3.63) is 77.0 Å². The van der Waals surface area contributed by atoms with Gasteiger partial charge in [0.05, 0.1) is 11.4 Å². The lowest BCUT2D eigenvalue weighted by molar-refractivity contribution is -0.112. The summed E-state index contributed by atoms with van der Waals surface area (Å²) in [5.41, 5.74) is 5.25. The summed E-state index contributed by atoms with van der Waals surface area (Å²) in [7, 11) is 0. The number of hydrogen-bond donors (Lipinski definition) is 0. The largest absolute Gasteiger partial charge is 0.292 e. The molecular formula is C20H17N3O. The molecule has 118 valence electrons. The van der Waals surface area contributed by atoms with Gasteiger partial charge in [-0.2, -0.15) is 5.10 Å². The maximum atomic E-state index is 12.6. The Balaban J connectivity index is 1.89. The van der Waals surface area contributed by atoms with Crippen LogP contribution in [0.4, 0.5) is 5.82 Å². The predicted molar refractivity (Wildman–Crippen MR) is 94.4 cm³/mol. The van der Waals surface area contributed by atoms with Crippen molar-refractivity contribution in [1.82, 2.24) is 9.78 Å². The second-order valence-corrected chi connectivity index (χ2v) is 6.06. The van der Waals surface area contributed by atoms with Gasteiger partial charge in [-0.15, -0.1) is 0 Å². The van der Waals surface area contributed by atoms with Gasteiger partial charge >= 0.3 is 0 Å². The van der Waals surface area contributed by atoms with Crippen molar-refractivity contribution in [2.45, 2.75) is 20.3 Å². The Labute approximate surface area is 140 Å². The third kappa shape index (κ3) is 2.36. The molecule has 0 saturated heterocycles. The van der Waals surface area contributed by atoms with E-state index in [4.69, 9.17) is 4.99 Å². The molecule has 0 atom stereocenters. The minimum Gasteiger partial charge on any atom is -0.292 e. The number of nitrogens with zero attached hydrogens (tertiary/aromatic N) is 3. The summed E-state index contributed by atoms with van der Waals surface area (Å²) in [6.07, 6.45) is 0.348. The Bertz CT molecular complexity index is 951. The minimum absolute atomic E-state index is 0.0436. The molecule has 3 aromatic rings. The monoisotopic (exact) mass is 315 g/mol. The van der Waals surface area contributed by atoms with E-state index in [1.807, 2.05) is 73.1 Å². The summed E-state index contributed by atoms with van der Waals surface area (Å²) in [4.78, 5) is 17.3. The zero-order chi connectivity index (χ0) is 16.7. The predicted octanol–water partition coefficient (Wildman–Crippen LogP) is 3.74. The first-order chi connectivity index (χ1) is 11.6. The van der Waals surface area contributed by atoms with Gasteiger partial charge in [-0.3, -0.25) is 4.79 Å². The van der Waals surface area contributed by atoms with Crippen LogP contribution in [0.25, 0.3) is 5.69 Å². The van der Waals surface area contributed by atoms with Gasteiger partial charge in [0, 0.05) is 17.5 Å². The third-order valence-electron chi connectivity index (χ3n) is 4.30. The van der Waals surface area contributed by atoms with Crippen molar-refractivity contribution in [3.63, 3.8) is 0 Å². The van der Waals surface area contributed by atoms with Crippen LogP contribution in [-0.4, -0.2) is 21.3 Å². The Morgan fingerprint density at radius 2 is 1.67 bits per heavy atom. The Morgan fingerprint density at radius 1 is 0.958 bits per heavy atom. The molecule has 0 unspecified atom stereocenters. The van der Waals surface area contributed by atoms with Crippen LogP contribution in [0.1, 0.15) is 22.4 Å². The summed E-state index contributed by atoms with van der Waals surface area (Å²) >= 11 is 0. The lowest BCUT2D eigenvalue weighted by atomic mass is 9.97. The maximum absolute atomic E-state index is 12.6. The maximum Gasteiger partial charge on any atom is 0.186 e. The molecule has 1 aliphatic heterocycles. The smallest absolute Gasteiger partial charge is 0.186 e. The molecule has 4 nitrogen and oxygen atoms in total. The van der Waals surface area contributed by atoms with Gasteiger partial charge in [-0.05, 0) is 26.0 Å². The van der Waals surface area contributed by atoms with Gasteiger partial charge < -0.3 is 0 Å². The van der Waals surface area contributed by atoms with Crippen molar-refractivity contribution < 1.29 is 4.79 Å². The molecule has 0 N–H and O–H groups in total. The van der Waals surface area contributed by atoms with Crippen molar-refractivity contribution in [2.75, 3.05) is 0 Å². The summed E-state index contributed by atoms with van der Waals surface area (Å²) < 4.78 is 1.82. The number of ketones is 1. The number of aliphatic imine (C=N–C) groups is 1. The van der Waals surface area contributed by atoms with Gasteiger partial charge in [-0.25, -0.2) is 9.67 Å². The van der Waals surface area contributed by atoms with Crippen LogP contribution in [0, 0.1) is 13.8 Å². The Morgan fingerprint density at radius 3 is 2.38 bits per heavy atom. The standard InChI is InChI=1S/C20H17N3O/c1-13-8-10-15(11-9-13)19-18(24)12-17-14(2)22-23(20(17)21-19)16-6-4-3-5-7-16/h3-11H,12H2,1-2H3. The highest BCUT2D eigenvalue weighted by atomic mass is 16.1. The number of hydrogen-bond acceptors (Lipinski definition) is 3. The molecular weight excluding hydrogens is 298 g/mol. The fourth-order valence-corrected chi connectivity index (χ4v) is 2.97. The van der Waals surface area contributed by atoms with Crippen LogP contribution in [0.5, 0.6) is 0 Å². The molecule has 4 heteroatoms. The number of aryl methyl sites for hydroxylation is 2. The van der Waals surface area contributed by atoms with Gasteiger partial charge in [-0.1, -0.05) is 48.0 Å². The van der Waals surface area contributed by atoms with E-state index in [0.29, 0.717) is 12.1 Å². The molecule has 4 rings (SSSR count). The highest BCUT2D eigenvalue weighted by Gasteiger charge is 2.27. The van der Waals surface area contributed by atoms with Crippen molar-refractivity contribution in [3.8, 4) is 5.69 Å². The van der Waals surface area contributed by atoms with E-state index >= 15 is 0 Å². The van der Waals surface area contributed by atoms with Gasteiger partial charge in [0.1, 0.15) is 5.71 Å². The van der Waals surface area contributed by atoms with Crippen molar-refractivity contribution >= 4 is 17.3 Å². The number of carbonyl (C=O) groups excluding carboxylic acids is 1. The average molecular weight is 315 g/mol. The summed E-state index contributed by atoms with van der Waals surface area (Å²) in [5.74, 6) is 0.802. The first-order valence-electron chi connectivity index (χ1n) is 7.96. The molecule has 0 spiro atoms. The van der Waals surface area contributed by atoms with Crippen LogP contribution in [0.15, 0.2) is 59.6 Å². The van der Waals surface area contributed by atoms with Crippen molar-refractivity contribution in [1.29, 1.82) is 0 Å². The van der Waals surface area contributed by atoms with E-state index in [1.165, 1.54) is 0 Å². The van der Waals surface area contributed by atoms with Crippen molar-refractivity contribution in [2.24, 2.45) is 4.99 Å². The van der Waals surface area contributed by atoms with Gasteiger partial charge in [0.25, 0.3) is 0 Å². The molecule has 0 radical (unpaired) electrons. The highest BCUT2D eigenvalue weighted by molar-refractivity contribution is 6.47. The quantitative estimate of drug-likeness (QED) is 0.723. The SMILES string of the molecule is Cc1ccc(C2=Nc3c(c(C)nn3-c3ccccc3)CC2=O)cc1. The molecule has 0 fully saturated rings. The second-order valence-electron chi connectivity index (χ2n) is 6.06. The molecule has 0 bridgehead atoms. The Kier molecular flexibility index (Phi) is 3.38. The normalized spacial score (nSPS) is 13.6. The second kappa shape index (κ2) is 5.57. The number of fused-ring (bicyclic) bond motifs is 1. The molecule has 0 saturated carbocycles. The number of carbonyl (C=O) groups is 1. The third-order valence-corrected chi connectivity index (χ3v) is 4.30. The molecule has 2 aromatic carbocycles. The zero-order valence-corrected chi connectivity index (χ0v) is 13.7. The lowest BCUT2D eigenvalue weighted by Gasteiger charge is -2.14. The van der Waals surface area contributed by atoms with Gasteiger partial charge in [0.2, 0.25) is 0 Å². The van der Waals surface area contributed by atoms with E-state index in [0.717, 1.165) is 33.9 Å². The number of Topliss-reactive ketones (excluding diaryl/α,β-unsaturated/α-hetero) is 1. The van der Waals surface area contributed by atoms with Crippen LogP contribution in [0.3, 0.4) is 0 Å². The van der Waals surface area contributed by atoms with Gasteiger partial charge in [0.15, 0.2) is 11.6 Å². The fourth-order valence-electron chi connectivity index (χ4n) is 2.97. The number of benzene rings is 2. The number of rotatable bonds is 2. The number of para-hydroxylation sites is 1. The highest BCUT2D eigenvalue weighted by Crippen LogP contribution is 2.31. The molecule has 0 aliphatic carbocycles. The van der Waals surface area contributed by atoms with E-state index in [-0.39, 0.29) is 5.78 Å². The summed E-state index contributed by atoms with van der Waals surface area (Å²) in [5, 5.41) is 4.60. The summed E-state index contributed by atoms with van der Waals surface area (Å²) in [6.45, 7) is 3.96. The first kappa shape index (κ1) is 14.6. The molecule has 2 heterocycles. The molecule has 1 aliphatic rings. The summed E-state index contributed by atoms with van der Waals surface area (Å²) in [6, 6.07) is 17.8. The molecule has 1 aromatic heterocycles. The van der Waals surface area contributed by atoms with E-state index < -0.39 is 0 Å². The zero-order valence-electron chi connectivity index (χ0n) is 13.7. The first-order valence-corrected chi connectivity index (χ1v) is 7.96. The topological polar surface area (TPSA) is 47.2 Å². The molecule has 24 heavy (non-hydrogen) atoms. The van der Waals surface area contributed by atoms with Crippen LogP contribution >= 0.6 is 0 Å². The lowest BCUT2D eigenvalue weighted by Crippen LogP contribution is -2.21. The van der Waals surface area contributed by atoms with E-state index in [1.54, 1.807) is 0 Å². The van der Waals surface area contributed by atoms with Crippen LogP contribution in [-0.2, 0) is 11.2 Å². The number of aromatic nitrogens is 2. The van der Waals surface area contributed by atoms with E-state index in [2.05, 4.69) is 5.10 Å². The minimum atomic E-state index is 0.0436. The average Bonchev–Trinajstić information content (AvgIpc) is 2.92.